The van der Waals surface area contributed by atoms with Gasteiger partial charge in [0.15, 0.2) is 0 Å². The molecular weight excluding hydrogens is 360 g/mol. The van der Waals surface area contributed by atoms with E-state index in [-0.39, 0.29) is 16.0 Å². The summed E-state index contributed by atoms with van der Waals surface area (Å²) in [7, 11) is -3.89. The summed E-state index contributed by atoms with van der Waals surface area (Å²) < 4.78 is 27.7. The third kappa shape index (κ3) is 3.22. The second kappa shape index (κ2) is 5.82. The van der Waals surface area contributed by atoms with Crippen LogP contribution in [0.15, 0.2) is 46.0 Å². The minimum atomic E-state index is -3.89. The van der Waals surface area contributed by atoms with Gasteiger partial charge in [0.2, 0.25) is 0 Å². The zero-order chi connectivity index (χ0) is 15.6. The summed E-state index contributed by atoms with van der Waals surface area (Å²) in [6.45, 7) is 1.46. The molecule has 0 aliphatic heterocycles. The molecule has 0 amide bonds. The molecule has 2 N–H and O–H groups in total. The van der Waals surface area contributed by atoms with E-state index in [1.165, 1.54) is 43.6 Å². The van der Waals surface area contributed by atoms with Gasteiger partial charge in [-0.05, 0) is 46.6 Å². The zero-order valence-electron chi connectivity index (χ0n) is 10.9. The molecule has 2 rings (SSSR count). The van der Waals surface area contributed by atoms with Gasteiger partial charge < -0.3 is 5.11 Å². The molecule has 0 bridgehead atoms. The second-order valence-corrected chi connectivity index (χ2v) is 6.70. The van der Waals surface area contributed by atoms with Crippen LogP contribution in [0.1, 0.15) is 15.9 Å². The Bertz CT molecular complexity index is 806. The van der Waals surface area contributed by atoms with E-state index in [2.05, 4.69) is 25.6 Å². The van der Waals surface area contributed by atoms with Crippen LogP contribution in [-0.2, 0) is 10.0 Å². The molecule has 1 aromatic carbocycles. The maximum absolute atomic E-state index is 12.4. The molecule has 0 unspecified atom stereocenters. The van der Waals surface area contributed by atoms with E-state index in [0.29, 0.717) is 10.2 Å². The quantitative estimate of drug-likeness (QED) is 0.862. The molecule has 21 heavy (non-hydrogen) atoms. The first-order chi connectivity index (χ1) is 9.83. The van der Waals surface area contributed by atoms with Crippen molar-refractivity contribution in [2.75, 3.05) is 4.72 Å². The summed E-state index contributed by atoms with van der Waals surface area (Å²) >= 11 is 3.19. The van der Waals surface area contributed by atoms with Crippen molar-refractivity contribution < 1.29 is 18.3 Å². The van der Waals surface area contributed by atoms with E-state index < -0.39 is 16.0 Å². The number of nitrogens with zero attached hydrogens (tertiary/aromatic N) is 1. The molecular formula is C13H11BrN2O4S. The number of anilines is 1. The average molecular weight is 371 g/mol. The first-order valence-corrected chi connectivity index (χ1v) is 8.06. The van der Waals surface area contributed by atoms with Crippen LogP contribution >= 0.6 is 15.9 Å². The number of halogens is 1. The molecule has 0 aliphatic carbocycles. The summed E-state index contributed by atoms with van der Waals surface area (Å²) in [6, 6.07) is 5.61. The number of carbonyl (C=O) groups is 1. The van der Waals surface area contributed by atoms with Gasteiger partial charge in [0, 0.05) is 12.4 Å². The first kappa shape index (κ1) is 15.5. The Morgan fingerprint density at radius 1 is 1.33 bits per heavy atom. The van der Waals surface area contributed by atoms with Crippen LogP contribution < -0.4 is 4.72 Å². The van der Waals surface area contributed by atoms with Gasteiger partial charge in [-0.25, -0.2) is 13.2 Å². The Morgan fingerprint density at radius 2 is 2.05 bits per heavy atom. The van der Waals surface area contributed by atoms with E-state index in [1.54, 1.807) is 0 Å². The second-order valence-electron chi connectivity index (χ2n) is 4.19. The number of aromatic nitrogens is 1. The normalized spacial score (nSPS) is 11.1. The van der Waals surface area contributed by atoms with E-state index in [0.717, 1.165) is 0 Å². The molecule has 0 saturated carbocycles. The Kier molecular flexibility index (Phi) is 4.29. The van der Waals surface area contributed by atoms with Gasteiger partial charge in [-0.3, -0.25) is 9.71 Å². The highest BCUT2D eigenvalue weighted by molar-refractivity contribution is 9.10. The lowest BCUT2D eigenvalue weighted by molar-refractivity contribution is 0.0696. The molecule has 110 valence electrons. The molecule has 6 nitrogen and oxygen atoms in total. The molecule has 0 atom stereocenters. The first-order valence-electron chi connectivity index (χ1n) is 5.78. The Hall–Kier alpha value is -1.93. The fraction of sp³-hybridized carbons (Fsp3) is 0.0769. The molecule has 0 spiro atoms. The lowest BCUT2D eigenvalue weighted by atomic mass is 10.1. The van der Waals surface area contributed by atoms with Crippen molar-refractivity contribution in [3.8, 4) is 0 Å². The van der Waals surface area contributed by atoms with E-state index in [4.69, 9.17) is 5.11 Å². The van der Waals surface area contributed by atoms with Crippen molar-refractivity contribution in [3.63, 3.8) is 0 Å². The van der Waals surface area contributed by atoms with Crippen molar-refractivity contribution in [3.05, 3.63) is 52.3 Å². The number of pyridine rings is 1. The molecule has 0 radical (unpaired) electrons. The summed E-state index contributed by atoms with van der Waals surface area (Å²) in [6.07, 6.45) is 2.90. The lowest BCUT2D eigenvalue weighted by Gasteiger charge is -2.12. The van der Waals surface area contributed by atoms with E-state index in [9.17, 15) is 13.2 Å². The fourth-order valence-corrected chi connectivity index (χ4v) is 3.62. The van der Waals surface area contributed by atoms with Gasteiger partial charge in [0.25, 0.3) is 10.0 Å². The van der Waals surface area contributed by atoms with Crippen LogP contribution in [0.25, 0.3) is 0 Å². The number of benzene rings is 1. The van der Waals surface area contributed by atoms with Crippen LogP contribution in [0, 0.1) is 6.92 Å². The van der Waals surface area contributed by atoms with Gasteiger partial charge in [0.1, 0.15) is 0 Å². The van der Waals surface area contributed by atoms with Gasteiger partial charge in [-0.2, -0.15) is 0 Å². The van der Waals surface area contributed by atoms with E-state index in [1.807, 2.05) is 0 Å². The SMILES string of the molecule is Cc1c(C(=O)O)cccc1S(=O)(=O)Nc1ccncc1Br. The molecule has 2 aromatic rings. The van der Waals surface area contributed by atoms with Crippen molar-refractivity contribution in [2.24, 2.45) is 0 Å². The van der Waals surface area contributed by atoms with Crippen LogP contribution in [0.2, 0.25) is 0 Å². The Labute approximate surface area is 130 Å². The predicted octanol–water partition coefficient (Wildman–Crippen LogP) is 2.65. The van der Waals surface area contributed by atoms with Gasteiger partial charge in [-0.1, -0.05) is 6.07 Å². The van der Waals surface area contributed by atoms with Crippen molar-refractivity contribution in [1.82, 2.24) is 4.98 Å². The van der Waals surface area contributed by atoms with Crippen LogP contribution in [0.3, 0.4) is 0 Å². The highest BCUT2D eigenvalue weighted by Crippen LogP contribution is 2.26. The third-order valence-corrected chi connectivity index (χ3v) is 4.96. The lowest BCUT2D eigenvalue weighted by Crippen LogP contribution is -2.16. The van der Waals surface area contributed by atoms with Gasteiger partial charge in [-0.15, -0.1) is 0 Å². The largest absolute Gasteiger partial charge is 0.478 e. The monoisotopic (exact) mass is 370 g/mol. The summed E-state index contributed by atoms with van der Waals surface area (Å²) in [5.74, 6) is -1.17. The number of aromatic carboxylic acids is 1. The maximum atomic E-state index is 12.4. The number of hydrogen-bond donors (Lipinski definition) is 2. The van der Waals surface area contributed by atoms with Crippen molar-refractivity contribution in [1.29, 1.82) is 0 Å². The van der Waals surface area contributed by atoms with Crippen molar-refractivity contribution in [2.45, 2.75) is 11.8 Å². The van der Waals surface area contributed by atoms with Gasteiger partial charge in [0.05, 0.1) is 20.6 Å². The minimum absolute atomic E-state index is 0.0494. The van der Waals surface area contributed by atoms with Crippen LogP contribution in [0.4, 0.5) is 5.69 Å². The smallest absolute Gasteiger partial charge is 0.335 e. The maximum Gasteiger partial charge on any atom is 0.335 e. The van der Waals surface area contributed by atoms with Crippen LogP contribution in [-0.4, -0.2) is 24.5 Å². The number of carboxylic acid groups (broad SMARTS) is 1. The molecule has 0 aliphatic rings. The Balaban J connectivity index is 2.48. The fourth-order valence-electron chi connectivity index (χ4n) is 1.79. The topological polar surface area (TPSA) is 96.4 Å². The molecule has 0 saturated heterocycles. The molecule has 1 aromatic heterocycles. The molecule has 1 heterocycles. The highest BCUT2D eigenvalue weighted by Gasteiger charge is 2.21. The highest BCUT2D eigenvalue weighted by atomic mass is 79.9. The number of carboxylic acids is 1. The van der Waals surface area contributed by atoms with Crippen molar-refractivity contribution >= 4 is 37.6 Å². The summed E-state index contributed by atoms with van der Waals surface area (Å²) in [4.78, 5) is 14.8. The van der Waals surface area contributed by atoms with E-state index >= 15 is 0 Å². The number of rotatable bonds is 4. The average Bonchev–Trinajstić information content (AvgIpc) is 2.41. The molecule has 8 heteroatoms. The predicted molar refractivity (Wildman–Crippen MR) is 80.9 cm³/mol. The standard InChI is InChI=1S/C13H11BrN2O4S/c1-8-9(13(17)18)3-2-4-12(8)21(19,20)16-11-5-6-15-7-10(11)14/h2-7H,1H3,(H,15,16)(H,17,18). The van der Waals surface area contributed by atoms with Crippen LogP contribution in [0.5, 0.6) is 0 Å². The summed E-state index contributed by atoms with van der Waals surface area (Å²) in [5, 5.41) is 9.06. The summed E-state index contributed by atoms with van der Waals surface area (Å²) in [5.41, 5.74) is 0.458. The Morgan fingerprint density at radius 3 is 2.67 bits per heavy atom. The number of nitrogens with one attached hydrogen (secondary N) is 1. The zero-order valence-corrected chi connectivity index (χ0v) is 13.3. The third-order valence-electron chi connectivity index (χ3n) is 2.82. The van der Waals surface area contributed by atoms with Gasteiger partial charge >= 0.3 is 5.97 Å². The molecule has 0 fully saturated rings. The number of sulfonamides is 1. The minimum Gasteiger partial charge on any atom is -0.478 e. The number of hydrogen-bond acceptors (Lipinski definition) is 4.